The standard InChI is InChI=1S/C25H31N3O4/c1-17-6-4-7-18(2)25(17)26-23(29)15-27(3)24(30)16-28-11-5-8-20(28)19-9-10-21-22(14-19)32-13-12-31-21/h4,6-7,9-10,14,20H,5,8,11-13,15-16H2,1-3H3,(H,26,29). The lowest BCUT2D eigenvalue weighted by Crippen LogP contribution is -2.41. The van der Waals surface area contributed by atoms with Gasteiger partial charge in [-0.15, -0.1) is 0 Å². The molecule has 1 fully saturated rings. The third-order valence-electron chi connectivity index (χ3n) is 6.21. The lowest BCUT2D eigenvalue weighted by atomic mass is 10.0. The van der Waals surface area contributed by atoms with Crippen LogP contribution in [0.25, 0.3) is 0 Å². The highest BCUT2D eigenvalue weighted by molar-refractivity contribution is 5.95. The van der Waals surface area contributed by atoms with E-state index in [1.54, 1.807) is 7.05 Å². The molecule has 0 aliphatic carbocycles. The number of hydrogen-bond acceptors (Lipinski definition) is 5. The molecule has 4 rings (SSSR count). The summed E-state index contributed by atoms with van der Waals surface area (Å²) in [5, 5.41) is 2.95. The van der Waals surface area contributed by atoms with Crippen molar-refractivity contribution in [2.75, 3.05) is 45.2 Å². The van der Waals surface area contributed by atoms with E-state index in [-0.39, 0.29) is 30.9 Å². The van der Waals surface area contributed by atoms with Crippen molar-refractivity contribution in [3.05, 3.63) is 53.1 Å². The molecule has 2 aromatic carbocycles. The molecule has 2 aliphatic heterocycles. The first-order chi connectivity index (χ1) is 15.4. The van der Waals surface area contributed by atoms with Crippen molar-refractivity contribution in [1.82, 2.24) is 9.80 Å². The second-order valence-electron chi connectivity index (χ2n) is 8.60. The summed E-state index contributed by atoms with van der Waals surface area (Å²) in [5.41, 5.74) is 3.96. The molecule has 32 heavy (non-hydrogen) atoms. The van der Waals surface area contributed by atoms with Crippen molar-refractivity contribution in [2.24, 2.45) is 0 Å². The Bertz CT molecular complexity index is 986. The minimum absolute atomic E-state index is 0.0230. The van der Waals surface area contributed by atoms with Crippen LogP contribution in [0, 0.1) is 13.8 Å². The number of para-hydroxylation sites is 1. The number of carbonyl (C=O) groups is 2. The van der Waals surface area contributed by atoms with Crippen LogP contribution in [0.3, 0.4) is 0 Å². The quantitative estimate of drug-likeness (QED) is 0.751. The van der Waals surface area contributed by atoms with E-state index >= 15 is 0 Å². The van der Waals surface area contributed by atoms with E-state index in [9.17, 15) is 9.59 Å². The number of anilines is 1. The smallest absolute Gasteiger partial charge is 0.243 e. The maximum Gasteiger partial charge on any atom is 0.243 e. The van der Waals surface area contributed by atoms with Crippen molar-refractivity contribution >= 4 is 17.5 Å². The number of likely N-dealkylation sites (tertiary alicyclic amines) is 1. The Morgan fingerprint density at radius 2 is 1.81 bits per heavy atom. The Labute approximate surface area is 189 Å². The van der Waals surface area contributed by atoms with Crippen LogP contribution in [0.2, 0.25) is 0 Å². The van der Waals surface area contributed by atoms with Crippen molar-refractivity contribution < 1.29 is 19.1 Å². The van der Waals surface area contributed by atoms with E-state index in [0.717, 1.165) is 53.3 Å². The van der Waals surface area contributed by atoms with Gasteiger partial charge in [0, 0.05) is 18.8 Å². The molecule has 2 amide bonds. The second-order valence-corrected chi connectivity index (χ2v) is 8.60. The number of ether oxygens (including phenoxy) is 2. The van der Waals surface area contributed by atoms with Crippen molar-refractivity contribution in [1.29, 1.82) is 0 Å². The van der Waals surface area contributed by atoms with E-state index in [0.29, 0.717) is 13.2 Å². The van der Waals surface area contributed by atoms with Gasteiger partial charge in [0.1, 0.15) is 13.2 Å². The second kappa shape index (κ2) is 9.61. The molecule has 2 heterocycles. The number of nitrogens with one attached hydrogen (secondary N) is 1. The predicted octanol–water partition coefficient (Wildman–Crippen LogP) is 3.31. The number of rotatable bonds is 6. The summed E-state index contributed by atoms with van der Waals surface area (Å²) in [6.07, 6.45) is 2.02. The fourth-order valence-electron chi connectivity index (χ4n) is 4.45. The van der Waals surface area contributed by atoms with Crippen LogP contribution in [0.1, 0.15) is 35.6 Å². The zero-order valence-electron chi connectivity index (χ0n) is 19.0. The highest BCUT2D eigenvalue weighted by Gasteiger charge is 2.30. The molecule has 1 N–H and O–H groups in total. The SMILES string of the molecule is Cc1cccc(C)c1NC(=O)CN(C)C(=O)CN1CCCC1c1ccc2c(c1)OCCO2. The molecular formula is C25H31N3O4. The summed E-state index contributed by atoms with van der Waals surface area (Å²) in [5.74, 6) is 1.29. The fraction of sp³-hybridized carbons (Fsp3) is 0.440. The van der Waals surface area contributed by atoms with Crippen molar-refractivity contribution in [3.63, 3.8) is 0 Å². The topological polar surface area (TPSA) is 71.1 Å². The van der Waals surface area contributed by atoms with Crippen LogP contribution < -0.4 is 14.8 Å². The number of benzene rings is 2. The molecule has 0 radical (unpaired) electrons. The Morgan fingerprint density at radius 3 is 2.56 bits per heavy atom. The average molecular weight is 438 g/mol. The van der Waals surface area contributed by atoms with E-state index in [1.807, 2.05) is 44.2 Å². The van der Waals surface area contributed by atoms with Gasteiger partial charge < -0.3 is 19.7 Å². The van der Waals surface area contributed by atoms with Crippen LogP contribution >= 0.6 is 0 Å². The summed E-state index contributed by atoms with van der Waals surface area (Å²) >= 11 is 0. The molecule has 2 aliphatic rings. The van der Waals surface area contributed by atoms with Gasteiger partial charge in [0.15, 0.2) is 11.5 Å². The number of nitrogens with zero attached hydrogens (tertiary/aromatic N) is 2. The van der Waals surface area contributed by atoms with Gasteiger partial charge in [0.25, 0.3) is 0 Å². The first-order valence-electron chi connectivity index (χ1n) is 11.2. The molecule has 2 aromatic rings. The molecule has 0 bridgehead atoms. The van der Waals surface area contributed by atoms with E-state index in [4.69, 9.17) is 9.47 Å². The highest BCUT2D eigenvalue weighted by Crippen LogP contribution is 2.37. The van der Waals surface area contributed by atoms with E-state index in [1.165, 1.54) is 4.90 Å². The Balaban J connectivity index is 1.35. The third-order valence-corrected chi connectivity index (χ3v) is 6.21. The monoisotopic (exact) mass is 437 g/mol. The zero-order chi connectivity index (χ0) is 22.7. The van der Waals surface area contributed by atoms with Gasteiger partial charge >= 0.3 is 0 Å². The largest absolute Gasteiger partial charge is 0.486 e. The summed E-state index contributed by atoms with van der Waals surface area (Å²) in [4.78, 5) is 29.1. The van der Waals surface area contributed by atoms with Gasteiger partial charge in [0.2, 0.25) is 11.8 Å². The number of amides is 2. The molecule has 1 atom stereocenters. The minimum Gasteiger partial charge on any atom is -0.486 e. The van der Waals surface area contributed by atoms with E-state index in [2.05, 4.69) is 16.3 Å². The van der Waals surface area contributed by atoms with Crippen LogP contribution in [-0.4, -0.2) is 61.5 Å². The third kappa shape index (κ3) is 4.88. The lowest BCUT2D eigenvalue weighted by molar-refractivity contribution is -0.134. The maximum absolute atomic E-state index is 12.9. The molecule has 1 unspecified atom stereocenters. The molecule has 170 valence electrons. The van der Waals surface area contributed by atoms with Gasteiger partial charge in [0.05, 0.1) is 13.1 Å². The Hall–Kier alpha value is -3.06. The van der Waals surface area contributed by atoms with Crippen LogP contribution in [0.4, 0.5) is 5.69 Å². The average Bonchev–Trinajstić information content (AvgIpc) is 3.24. The molecule has 7 heteroatoms. The molecule has 0 saturated carbocycles. The zero-order valence-corrected chi connectivity index (χ0v) is 19.0. The summed E-state index contributed by atoms with van der Waals surface area (Å²) < 4.78 is 11.3. The Morgan fingerprint density at radius 1 is 1.09 bits per heavy atom. The molecular weight excluding hydrogens is 406 g/mol. The maximum atomic E-state index is 12.9. The van der Waals surface area contributed by atoms with Gasteiger partial charge in [-0.2, -0.15) is 0 Å². The predicted molar refractivity (Wildman–Crippen MR) is 123 cm³/mol. The first-order valence-corrected chi connectivity index (χ1v) is 11.2. The molecule has 0 spiro atoms. The van der Waals surface area contributed by atoms with Crippen molar-refractivity contribution in [3.8, 4) is 11.5 Å². The fourth-order valence-corrected chi connectivity index (χ4v) is 4.45. The van der Waals surface area contributed by atoms with Crippen LogP contribution in [0.15, 0.2) is 36.4 Å². The van der Waals surface area contributed by atoms with Gasteiger partial charge in [-0.1, -0.05) is 24.3 Å². The van der Waals surface area contributed by atoms with Crippen LogP contribution in [-0.2, 0) is 9.59 Å². The summed E-state index contributed by atoms with van der Waals surface area (Å²) in [6.45, 7) is 6.21. The number of carbonyl (C=O) groups excluding carboxylic acids is 2. The summed E-state index contributed by atoms with van der Waals surface area (Å²) in [6, 6.07) is 12.1. The Kier molecular flexibility index (Phi) is 6.65. The normalized spacial score (nSPS) is 17.8. The van der Waals surface area contributed by atoms with Gasteiger partial charge in [-0.05, 0) is 62.1 Å². The van der Waals surface area contributed by atoms with Gasteiger partial charge in [-0.25, -0.2) is 0 Å². The summed E-state index contributed by atoms with van der Waals surface area (Å²) in [7, 11) is 1.68. The number of hydrogen-bond donors (Lipinski definition) is 1. The number of likely N-dealkylation sites (N-methyl/N-ethyl adjacent to an activating group) is 1. The first kappa shape index (κ1) is 22.1. The lowest BCUT2D eigenvalue weighted by Gasteiger charge is -2.28. The minimum atomic E-state index is -0.192. The van der Waals surface area contributed by atoms with Crippen LogP contribution in [0.5, 0.6) is 11.5 Å². The molecule has 0 aromatic heterocycles. The number of aryl methyl sites for hydroxylation is 2. The molecule has 1 saturated heterocycles. The van der Waals surface area contributed by atoms with E-state index < -0.39 is 0 Å². The van der Waals surface area contributed by atoms with Gasteiger partial charge in [-0.3, -0.25) is 14.5 Å². The van der Waals surface area contributed by atoms with Crippen molar-refractivity contribution in [2.45, 2.75) is 32.7 Å². The highest BCUT2D eigenvalue weighted by atomic mass is 16.6. The molecule has 7 nitrogen and oxygen atoms in total. The number of fused-ring (bicyclic) bond motifs is 1.